The molecule has 3 N–H and O–H groups in total. The van der Waals surface area contributed by atoms with Crippen molar-refractivity contribution >= 4 is 36.0 Å². The molecule has 7 nitrogen and oxygen atoms in total. The van der Waals surface area contributed by atoms with Gasteiger partial charge in [0.25, 0.3) is 0 Å². The van der Waals surface area contributed by atoms with E-state index in [1.54, 1.807) is 7.05 Å². The van der Waals surface area contributed by atoms with Gasteiger partial charge in [0.2, 0.25) is 0 Å². The second kappa shape index (κ2) is 12.0. The van der Waals surface area contributed by atoms with Gasteiger partial charge in [0, 0.05) is 33.1 Å². The number of nitrogens with one attached hydrogen (secondary N) is 3. The molecule has 8 heteroatoms. The van der Waals surface area contributed by atoms with E-state index in [1.165, 1.54) is 11.1 Å². The smallest absolute Gasteiger partial charge is 0.407 e. The van der Waals surface area contributed by atoms with Crippen LogP contribution in [0.3, 0.4) is 0 Å². The van der Waals surface area contributed by atoms with E-state index in [9.17, 15) is 4.79 Å². The summed E-state index contributed by atoms with van der Waals surface area (Å²) in [5.41, 5.74) is 2.12. The maximum atomic E-state index is 11.6. The van der Waals surface area contributed by atoms with Crippen molar-refractivity contribution in [3.05, 3.63) is 29.3 Å². The summed E-state index contributed by atoms with van der Waals surface area (Å²) in [5.74, 6) is 1.78. The number of benzene rings is 1. The lowest BCUT2D eigenvalue weighted by atomic mass is 10.1. The molecule has 0 radical (unpaired) electrons. The van der Waals surface area contributed by atoms with Crippen molar-refractivity contribution in [1.29, 1.82) is 0 Å². The molecule has 0 unspecified atom stereocenters. The Labute approximate surface area is 185 Å². The van der Waals surface area contributed by atoms with Crippen LogP contribution < -0.4 is 20.7 Å². The molecule has 1 aromatic carbocycles. The first kappa shape index (κ1) is 24.3. The van der Waals surface area contributed by atoms with Crippen LogP contribution in [0.15, 0.2) is 23.2 Å². The number of amides is 1. The van der Waals surface area contributed by atoms with Crippen molar-refractivity contribution < 1.29 is 14.3 Å². The van der Waals surface area contributed by atoms with E-state index >= 15 is 0 Å². The molecule has 0 fully saturated rings. The maximum absolute atomic E-state index is 11.6. The molecule has 1 aliphatic heterocycles. The van der Waals surface area contributed by atoms with Crippen LogP contribution in [0.5, 0.6) is 5.75 Å². The zero-order valence-corrected chi connectivity index (χ0v) is 19.6. The van der Waals surface area contributed by atoms with Crippen LogP contribution in [-0.2, 0) is 17.6 Å². The third-order valence-electron chi connectivity index (χ3n) is 4.00. The molecule has 1 amide bonds. The second-order valence-corrected chi connectivity index (χ2v) is 7.50. The molecule has 2 rings (SSSR count). The quantitative estimate of drug-likeness (QED) is 0.230. The van der Waals surface area contributed by atoms with E-state index in [-0.39, 0.29) is 30.1 Å². The van der Waals surface area contributed by atoms with Crippen LogP contribution in [0.4, 0.5) is 4.79 Å². The minimum absolute atomic E-state index is 0. The lowest BCUT2D eigenvalue weighted by Gasteiger charge is -2.19. The van der Waals surface area contributed by atoms with Crippen LogP contribution >= 0.6 is 24.0 Å². The Hall–Kier alpha value is -1.71. The highest BCUT2D eigenvalue weighted by molar-refractivity contribution is 14.0. The number of hydrogen-bond acceptors (Lipinski definition) is 4. The number of rotatable bonds is 7. The predicted octanol–water partition coefficient (Wildman–Crippen LogP) is 2.86. The first-order chi connectivity index (χ1) is 12.9. The summed E-state index contributed by atoms with van der Waals surface area (Å²) >= 11 is 0. The van der Waals surface area contributed by atoms with Gasteiger partial charge in [-0.05, 0) is 50.8 Å². The third-order valence-corrected chi connectivity index (χ3v) is 4.00. The fourth-order valence-corrected chi connectivity index (χ4v) is 2.74. The number of carbonyl (C=O) groups excluding carboxylic acids is 1. The summed E-state index contributed by atoms with van der Waals surface area (Å²) in [6.07, 6.45) is 2.32. The van der Waals surface area contributed by atoms with Gasteiger partial charge >= 0.3 is 6.09 Å². The lowest BCUT2D eigenvalue weighted by Crippen LogP contribution is -2.40. The van der Waals surface area contributed by atoms with Gasteiger partial charge < -0.3 is 25.4 Å². The second-order valence-electron chi connectivity index (χ2n) is 7.50. The SMILES string of the molecule is CN=C(NCCCNC(=O)OC(C)(C)C)NCCc1ccc2c(c1)CCO2.I. The van der Waals surface area contributed by atoms with Crippen molar-refractivity contribution in [1.82, 2.24) is 16.0 Å². The zero-order chi connectivity index (χ0) is 19.7. The predicted molar refractivity (Wildman–Crippen MR) is 123 cm³/mol. The highest BCUT2D eigenvalue weighted by Crippen LogP contribution is 2.25. The van der Waals surface area contributed by atoms with Gasteiger partial charge in [-0.1, -0.05) is 12.1 Å². The third kappa shape index (κ3) is 8.99. The van der Waals surface area contributed by atoms with Crippen LogP contribution in [0.25, 0.3) is 0 Å². The van der Waals surface area contributed by atoms with E-state index in [0.717, 1.165) is 44.1 Å². The van der Waals surface area contributed by atoms with Gasteiger partial charge in [0.15, 0.2) is 5.96 Å². The summed E-state index contributed by atoms with van der Waals surface area (Å²) < 4.78 is 10.7. The molecular formula is C20H33IN4O3. The Morgan fingerprint density at radius 2 is 1.89 bits per heavy atom. The minimum Gasteiger partial charge on any atom is -0.493 e. The summed E-state index contributed by atoms with van der Waals surface area (Å²) in [5, 5.41) is 9.30. The topological polar surface area (TPSA) is 84.0 Å². The highest BCUT2D eigenvalue weighted by atomic mass is 127. The molecule has 1 aromatic rings. The molecule has 158 valence electrons. The largest absolute Gasteiger partial charge is 0.493 e. The lowest BCUT2D eigenvalue weighted by molar-refractivity contribution is 0.0527. The first-order valence-electron chi connectivity index (χ1n) is 9.53. The Balaban J connectivity index is 0.00000392. The van der Waals surface area contributed by atoms with Gasteiger partial charge in [-0.3, -0.25) is 4.99 Å². The number of halogens is 1. The van der Waals surface area contributed by atoms with E-state index in [1.807, 2.05) is 20.8 Å². The Morgan fingerprint density at radius 1 is 1.18 bits per heavy atom. The van der Waals surface area contributed by atoms with Gasteiger partial charge in [0.05, 0.1) is 6.61 Å². The number of nitrogens with zero attached hydrogens (tertiary/aromatic N) is 1. The normalized spacial score (nSPS) is 13.1. The molecular weight excluding hydrogens is 471 g/mol. The summed E-state index contributed by atoms with van der Waals surface area (Å²) in [6, 6.07) is 6.40. The molecule has 0 atom stereocenters. The van der Waals surface area contributed by atoms with E-state index in [0.29, 0.717) is 13.1 Å². The fourth-order valence-electron chi connectivity index (χ4n) is 2.74. The average Bonchev–Trinajstić information content (AvgIpc) is 3.06. The number of guanidine groups is 1. The fraction of sp³-hybridized carbons (Fsp3) is 0.600. The summed E-state index contributed by atoms with van der Waals surface area (Å²) in [6.45, 7) is 8.40. The van der Waals surface area contributed by atoms with Crippen molar-refractivity contribution in [2.75, 3.05) is 33.3 Å². The van der Waals surface area contributed by atoms with Crippen LogP contribution in [0.2, 0.25) is 0 Å². The van der Waals surface area contributed by atoms with Gasteiger partial charge in [-0.25, -0.2) is 4.79 Å². The van der Waals surface area contributed by atoms with Crippen LogP contribution in [0.1, 0.15) is 38.3 Å². The number of hydrogen-bond donors (Lipinski definition) is 3. The molecule has 0 saturated carbocycles. The maximum Gasteiger partial charge on any atom is 0.407 e. The molecule has 0 saturated heterocycles. The first-order valence-corrected chi connectivity index (χ1v) is 9.53. The van der Waals surface area contributed by atoms with Crippen molar-refractivity contribution in [3.63, 3.8) is 0 Å². The Morgan fingerprint density at radius 3 is 2.61 bits per heavy atom. The number of aliphatic imine (C=N–C) groups is 1. The van der Waals surface area contributed by atoms with Crippen molar-refractivity contribution in [3.8, 4) is 5.75 Å². The molecule has 1 heterocycles. The van der Waals surface area contributed by atoms with Gasteiger partial charge in [-0.2, -0.15) is 0 Å². The Kier molecular flexibility index (Phi) is 10.4. The van der Waals surface area contributed by atoms with Crippen molar-refractivity contribution in [2.24, 2.45) is 4.99 Å². The Bertz CT molecular complexity index is 659. The molecule has 0 aliphatic carbocycles. The summed E-state index contributed by atoms with van der Waals surface area (Å²) in [7, 11) is 1.75. The number of ether oxygens (including phenoxy) is 2. The van der Waals surface area contributed by atoms with Gasteiger partial charge in [-0.15, -0.1) is 24.0 Å². The molecule has 0 bridgehead atoms. The van der Waals surface area contributed by atoms with Crippen LogP contribution in [0, 0.1) is 0 Å². The monoisotopic (exact) mass is 504 g/mol. The highest BCUT2D eigenvalue weighted by Gasteiger charge is 2.15. The number of carbonyl (C=O) groups is 1. The van der Waals surface area contributed by atoms with Crippen molar-refractivity contribution in [2.45, 2.75) is 45.6 Å². The molecule has 1 aliphatic rings. The summed E-state index contributed by atoms with van der Waals surface area (Å²) in [4.78, 5) is 15.8. The average molecular weight is 504 g/mol. The number of alkyl carbamates (subject to hydrolysis) is 1. The van der Waals surface area contributed by atoms with Crippen LogP contribution in [-0.4, -0.2) is 50.9 Å². The molecule has 0 aromatic heterocycles. The van der Waals surface area contributed by atoms with E-state index in [4.69, 9.17) is 9.47 Å². The minimum atomic E-state index is -0.472. The molecule has 0 spiro atoms. The zero-order valence-electron chi connectivity index (χ0n) is 17.3. The van der Waals surface area contributed by atoms with E-state index in [2.05, 4.69) is 39.1 Å². The number of fused-ring (bicyclic) bond motifs is 1. The van der Waals surface area contributed by atoms with E-state index < -0.39 is 5.60 Å². The molecule has 28 heavy (non-hydrogen) atoms. The van der Waals surface area contributed by atoms with Gasteiger partial charge in [0.1, 0.15) is 11.4 Å². The standard InChI is InChI=1S/C20H32N4O3.HI/c1-20(2,3)27-19(25)24-11-5-10-22-18(21-4)23-12-8-15-6-7-17-16(14-15)9-13-26-17;/h6-7,14H,5,8-13H2,1-4H3,(H,24,25)(H2,21,22,23);1H.